The highest BCUT2D eigenvalue weighted by atomic mass is 35.5. The van der Waals surface area contributed by atoms with E-state index in [1.165, 1.54) is 19.1 Å². The Bertz CT molecular complexity index is 1280. The van der Waals surface area contributed by atoms with E-state index in [1.54, 1.807) is 24.3 Å². The Morgan fingerprint density at radius 2 is 2.00 bits per heavy atom. The molecule has 1 aromatic heterocycles. The molecule has 35 heavy (non-hydrogen) atoms. The number of hydroxylamine groups is 1. The number of ether oxygens (including phenoxy) is 1. The summed E-state index contributed by atoms with van der Waals surface area (Å²) in [5.74, 6) is 0.0545. The van der Waals surface area contributed by atoms with E-state index >= 15 is 4.39 Å². The standard InChI is InChI=1S/C25H22Cl2F2N4O2/c1-13(28)21-11-19(24-30-17(12-34-33-24)9-15-7-8-16(26)10-20(15)27)25(32-31-21)35-22-4-2-3-18(23(22)29)14-5-6-14/h2-4,7-8,10-11,13-14,17H,5-6,9,12H2,1H3,(H,30,33). The third kappa shape index (κ3) is 5.39. The second-order valence-electron chi connectivity index (χ2n) is 8.62. The highest BCUT2D eigenvalue weighted by molar-refractivity contribution is 6.35. The third-order valence-corrected chi connectivity index (χ3v) is 6.47. The molecular formula is C25H22Cl2F2N4O2. The van der Waals surface area contributed by atoms with Crippen LogP contribution in [0, 0.1) is 5.82 Å². The lowest BCUT2D eigenvalue weighted by atomic mass is 10.1. The Kier molecular flexibility index (Phi) is 6.86. The Morgan fingerprint density at radius 1 is 1.17 bits per heavy atom. The lowest BCUT2D eigenvalue weighted by molar-refractivity contribution is 0.0623. The second-order valence-corrected chi connectivity index (χ2v) is 9.47. The number of benzene rings is 2. The van der Waals surface area contributed by atoms with Crippen molar-refractivity contribution in [1.82, 2.24) is 15.7 Å². The van der Waals surface area contributed by atoms with Crippen LogP contribution >= 0.6 is 23.2 Å². The van der Waals surface area contributed by atoms with Gasteiger partial charge in [-0.2, -0.15) is 0 Å². The molecule has 0 amide bonds. The summed E-state index contributed by atoms with van der Waals surface area (Å²) in [4.78, 5) is 10.3. The van der Waals surface area contributed by atoms with Gasteiger partial charge in [-0.1, -0.05) is 41.4 Å². The van der Waals surface area contributed by atoms with Crippen LogP contribution in [0.1, 0.15) is 54.2 Å². The predicted molar refractivity (Wildman–Crippen MR) is 130 cm³/mol. The zero-order chi connectivity index (χ0) is 24.5. The molecule has 0 saturated heterocycles. The van der Waals surface area contributed by atoms with E-state index in [1.807, 2.05) is 6.07 Å². The van der Waals surface area contributed by atoms with E-state index in [9.17, 15) is 4.39 Å². The van der Waals surface area contributed by atoms with E-state index in [4.69, 9.17) is 37.8 Å². The van der Waals surface area contributed by atoms with Gasteiger partial charge in [-0.25, -0.2) is 14.3 Å². The van der Waals surface area contributed by atoms with E-state index in [0.29, 0.717) is 27.6 Å². The first-order chi connectivity index (χ1) is 16.9. The number of halogens is 4. The molecule has 2 atom stereocenters. The van der Waals surface area contributed by atoms with Crippen LogP contribution in [0.3, 0.4) is 0 Å². The quantitative estimate of drug-likeness (QED) is 0.385. The first kappa shape index (κ1) is 23.9. The number of amidine groups is 1. The lowest BCUT2D eigenvalue weighted by Gasteiger charge is -2.23. The van der Waals surface area contributed by atoms with Gasteiger partial charge in [-0.05, 0) is 67.5 Å². The van der Waals surface area contributed by atoms with Gasteiger partial charge in [-0.15, -0.1) is 10.2 Å². The third-order valence-electron chi connectivity index (χ3n) is 5.89. The zero-order valence-electron chi connectivity index (χ0n) is 18.8. The minimum Gasteiger partial charge on any atom is -0.434 e. The monoisotopic (exact) mass is 518 g/mol. The van der Waals surface area contributed by atoms with Crippen molar-refractivity contribution in [3.05, 3.63) is 80.7 Å². The second kappa shape index (κ2) is 10.0. The number of aliphatic imine (C=N–C) groups is 1. The molecule has 5 rings (SSSR count). The van der Waals surface area contributed by atoms with Gasteiger partial charge < -0.3 is 4.74 Å². The average molecular weight is 519 g/mol. The fourth-order valence-electron chi connectivity index (χ4n) is 3.88. The van der Waals surface area contributed by atoms with Gasteiger partial charge in [0.15, 0.2) is 17.4 Å². The van der Waals surface area contributed by atoms with Crippen molar-refractivity contribution in [3.63, 3.8) is 0 Å². The maximum absolute atomic E-state index is 15.1. The minimum atomic E-state index is -1.38. The van der Waals surface area contributed by atoms with Gasteiger partial charge in [0.05, 0.1) is 23.9 Å². The molecule has 2 unspecified atom stereocenters. The van der Waals surface area contributed by atoms with Crippen LogP contribution < -0.4 is 10.2 Å². The highest BCUT2D eigenvalue weighted by Crippen LogP contribution is 2.43. The highest BCUT2D eigenvalue weighted by Gasteiger charge is 2.29. The average Bonchev–Trinajstić information content (AvgIpc) is 3.68. The molecule has 1 aliphatic heterocycles. The molecule has 3 aromatic rings. The Balaban J connectivity index is 1.48. The summed E-state index contributed by atoms with van der Waals surface area (Å²) >= 11 is 12.3. The number of nitrogens with zero attached hydrogens (tertiary/aromatic N) is 3. The molecule has 10 heteroatoms. The van der Waals surface area contributed by atoms with Crippen molar-refractivity contribution in [2.75, 3.05) is 6.61 Å². The molecule has 0 radical (unpaired) electrons. The number of nitrogens with one attached hydrogen (secondary N) is 1. The molecule has 2 aromatic carbocycles. The van der Waals surface area contributed by atoms with E-state index < -0.39 is 12.0 Å². The molecule has 0 spiro atoms. The molecule has 1 saturated carbocycles. The SMILES string of the molecule is CC(F)c1cc(C2=NC(Cc3ccc(Cl)cc3Cl)CON2)c(Oc2cccc(C3CC3)c2F)nn1. The number of aromatic nitrogens is 2. The van der Waals surface area contributed by atoms with Crippen LogP contribution in [0.5, 0.6) is 11.6 Å². The summed E-state index contributed by atoms with van der Waals surface area (Å²) < 4.78 is 35.0. The van der Waals surface area contributed by atoms with Crippen molar-refractivity contribution in [2.24, 2.45) is 4.99 Å². The largest absolute Gasteiger partial charge is 0.434 e. The van der Waals surface area contributed by atoms with Crippen LogP contribution in [0.25, 0.3) is 0 Å². The van der Waals surface area contributed by atoms with Gasteiger partial charge in [0, 0.05) is 10.0 Å². The fraction of sp³-hybridized carbons (Fsp3) is 0.320. The Labute approximate surface area is 211 Å². The van der Waals surface area contributed by atoms with E-state index in [-0.39, 0.29) is 41.7 Å². The lowest BCUT2D eigenvalue weighted by Crippen LogP contribution is -2.37. The fourth-order valence-corrected chi connectivity index (χ4v) is 4.36. The summed E-state index contributed by atoms with van der Waals surface area (Å²) in [7, 11) is 0. The molecule has 2 heterocycles. The maximum atomic E-state index is 15.1. The molecule has 0 bridgehead atoms. The smallest absolute Gasteiger partial charge is 0.250 e. The Morgan fingerprint density at radius 3 is 2.74 bits per heavy atom. The number of hydrogen-bond acceptors (Lipinski definition) is 6. The maximum Gasteiger partial charge on any atom is 0.250 e. The molecule has 1 N–H and O–H groups in total. The predicted octanol–water partition coefficient (Wildman–Crippen LogP) is 6.52. The zero-order valence-corrected chi connectivity index (χ0v) is 20.3. The molecule has 6 nitrogen and oxygen atoms in total. The van der Waals surface area contributed by atoms with Gasteiger partial charge in [0.2, 0.25) is 5.88 Å². The van der Waals surface area contributed by atoms with Crippen molar-refractivity contribution in [3.8, 4) is 11.6 Å². The summed E-state index contributed by atoms with van der Waals surface area (Å²) in [6, 6.07) is 11.5. The van der Waals surface area contributed by atoms with Gasteiger partial charge in [-0.3, -0.25) is 9.83 Å². The van der Waals surface area contributed by atoms with Crippen LogP contribution in [0.2, 0.25) is 10.0 Å². The van der Waals surface area contributed by atoms with Gasteiger partial charge in [0.25, 0.3) is 0 Å². The number of hydrogen-bond donors (Lipinski definition) is 1. The first-order valence-electron chi connectivity index (χ1n) is 11.3. The number of rotatable bonds is 7. The van der Waals surface area contributed by atoms with Crippen LogP contribution in [-0.4, -0.2) is 28.7 Å². The van der Waals surface area contributed by atoms with Crippen LogP contribution in [0.4, 0.5) is 8.78 Å². The van der Waals surface area contributed by atoms with Crippen molar-refractivity contribution in [1.29, 1.82) is 0 Å². The molecular weight excluding hydrogens is 497 g/mol. The van der Waals surface area contributed by atoms with Crippen LogP contribution in [-0.2, 0) is 11.3 Å². The summed E-state index contributed by atoms with van der Waals surface area (Å²) in [5.41, 5.74) is 4.62. The van der Waals surface area contributed by atoms with E-state index in [2.05, 4.69) is 15.7 Å². The van der Waals surface area contributed by atoms with Crippen molar-refractivity contribution in [2.45, 2.75) is 44.3 Å². The van der Waals surface area contributed by atoms with Crippen LogP contribution in [0.15, 0.2) is 47.5 Å². The van der Waals surface area contributed by atoms with E-state index in [0.717, 1.165) is 18.4 Å². The molecule has 2 aliphatic rings. The number of alkyl halides is 1. The van der Waals surface area contributed by atoms with Gasteiger partial charge >= 0.3 is 0 Å². The summed E-state index contributed by atoms with van der Waals surface area (Å²) in [5, 5.41) is 9.02. The molecule has 1 fully saturated rings. The summed E-state index contributed by atoms with van der Waals surface area (Å²) in [6.07, 6.45) is 1.01. The first-order valence-corrected chi connectivity index (χ1v) is 12.0. The molecule has 182 valence electrons. The Hall–Kier alpha value is -2.81. The minimum absolute atomic E-state index is 0.0127. The topological polar surface area (TPSA) is 68.6 Å². The van der Waals surface area contributed by atoms with Crippen molar-refractivity contribution < 1.29 is 18.4 Å². The van der Waals surface area contributed by atoms with Gasteiger partial charge in [0.1, 0.15) is 6.17 Å². The van der Waals surface area contributed by atoms with Crippen molar-refractivity contribution >= 4 is 29.0 Å². The summed E-state index contributed by atoms with van der Waals surface area (Å²) in [6.45, 7) is 1.63. The molecule has 1 aliphatic carbocycles. The normalized spacial score (nSPS) is 18.5.